The van der Waals surface area contributed by atoms with Crippen LogP contribution in [0.2, 0.25) is 18.1 Å². The van der Waals surface area contributed by atoms with Crippen LogP contribution >= 0.6 is 0 Å². The Morgan fingerprint density at radius 3 is 2.50 bits per heavy atom. The van der Waals surface area contributed by atoms with E-state index in [-0.39, 0.29) is 5.04 Å². The highest BCUT2D eigenvalue weighted by atomic mass is 28.4. The van der Waals surface area contributed by atoms with E-state index in [1.54, 1.807) is 0 Å². The van der Waals surface area contributed by atoms with Crippen LogP contribution in [-0.2, 0) is 11.0 Å². The van der Waals surface area contributed by atoms with Crippen molar-refractivity contribution in [2.75, 3.05) is 18.8 Å². The molecule has 0 aromatic carbocycles. The summed E-state index contributed by atoms with van der Waals surface area (Å²) in [6.07, 6.45) is 2.26. The van der Waals surface area contributed by atoms with Gasteiger partial charge in [0.25, 0.3) is 0 Å². The van der Waals surface area contributed by atoms with Gasteiger partial charge in [0.1, 0.15) is 5.82 Å². The molecule has 1 saturated heterocycles. The van der Waals surface area contributed by atoms with Crippen LogP contribution in [0.15, 0.2) is 18.3 Å². The lowest BCUT2D eigenvalue weighted by atomic mass is 10.1. The average Bonchev–Trinajstić information content (AvgIpc) is 2.27. The third-order valence-electron chi connectivity index (χ3n) is 4.44. The summed E-state index contributed by atoms with van der Waals surface area (Å²) in [6.45, 7) is 14.5. The molecule has 0 saturated carbocycles. The van der Waals surface area contributed by atoms with Crippen molar-refractivity contribution in [1.82, 2.24) is 9.88 Å². The van der Waals surface area contributed by atoms with Crippen molar-refractivity contribution < 1.29 is 4.43 Å². The Kier molecular flexibility index (Phi) is 4.23. The zero-order valence-electron chi connectivity index (χ0n) is 13.3. The fraction of sp³-hybridized carbons (Fsp3) is 0.667. The van der Waals surface area contributed by atoms with Crippen molar-refractivity contribution in [1.29, 1.82) is 0 Å². The summed E-state index contributed by atoms with van der Waals surface area (Å²) >= 11 is 0. The molecule has 1 aromatic rings. The van der Waals surface area contributed by atoms with E-state index in [1.165, 1.54) is 5.56 Å². The first kappa shape index (κ1) is 15.5. The Bertz CT molecular complexity index is 447. The van der Waals surface area contributed by atoms with E-state index < -0.39 is 8.32 Å². The minimum absolute atomic E-state index is 0.286. The van der Waals surface area contributed by atoms with Crippen molar-refractivity contribution in [2.45, 2.75) is 51.6 Å². The quantitative estimate of drug-likeness (QED) is 0.867. The van der Waals surface area contributed by atoms with Crippen LogP contribution in [0.5, 0.6) is 0 Å². The molecule has 2 rings (SSSR count). The van der Waals surface area contributed by atoms with E-state index in [9.17, 15) is 0 Å². The molecule has 20 heavy (non-hydrogen) atoms. The molecule has 1 aliphatic rings. The fourth-order valence-electron chi connectivity index (χ4n) is 2.11. The molecule has 112 valence electrons. The molecule has 1 aromatic heterocycles. The maximum atomic E-state index is 6.39. The Labute approximate surface area is 123 Å². The van der Waals surface area contributed by atoms with E-state index in [0.29, 0.717) is 11.9 Å². The van der Waals surface area contributed by atoms with Crippen molar-refractivity contribution in [3.8, 4) is 0 Å². The number of hydrogen-bond donors (Lipinski definition) is 1. The van der Waals surface area contributed by atoms with Gasteiger partial charge in [-0.05, 0) is 29.8 Å². The number of likely N-dealkylation sites (tertiary alicyclic amines) is 1. The Morgan fingerprint density at radius 2 is 2.00 bits per heavy atom. The molecule has 0 atom stereocenters. The standard InChI is InChI=1S/C15H27N3OSi/c1-15(2,3)20(4,5)19-13-10-18(11-13)9-12-6-7-14(16)17-8-12/h6-8,13H,9-11H2,1-5H3,(H2,16,17). The van der Waals surface area contributed by atoms with Gasteiger partial charge < -0.3 is 10.2 Å². The first-order valence-corrected chi connectivity index (χ1v) is 10.2. The summed E-state index contributed by atoms with van der Waals surface area (Å²) in [5, 5.41) is 0.286. The van der Waals surface area contributed by atoms with E-state index in [2.05, 4.69) is 43.7 Å². The second-order valence-electron chi connectivity index (χ2n) is 7.29. The van der Waals surface area contributed by atoms with Crippen LogP contribution in [0.3, 0.4) is 0 Å². The van der Waals surface area contributed by atoms with Gasteiger partial charge in [0, 0.05) is 25.8 Å². The normalized spacial score (nSPS) is 18.1. The molecule has 2 heterocycles. The van der Waals surface area contributed by atoms with Gasteiger partial charge in [-0.3, -0.25) is 4.90 Å². The lowest BCUT2D eigenvalue weighted by Crippen LogP contribution is -2.57. The Hall–Kier alpha value is -0.913. The molecule has 4 nitrogen and oxygen atoms in total. The SMILES string of the molecule is CC(C)(C)[Si](C)(C)OC1CN(Cc2ccc(N)nc2)C1. The number of nitrogens with two attached hydrogens (primary N) is 1. The fourth-order valence-corrected chi connectivity index (χ4v) is 3.44. The largest absolute Gasteiger partial charge is 0.411 e. The summed E-state index contributed by atoms with van der Waals surface area (Å²) in [5.41, 5.74) is 6.81. The van der Waals surface area contributed by atoms with Gasteiger partial charge in [-0.15, -0.1) is 0 Å². The van der Waals surface area contributed by atoms with Gasteiger partial charge in [0.2, 0.25) is 0 Å². The Balaban J connectivity index is 1.79. The van der Waals surface area contributed by atoms with Gasteiger partial charge in [-0.1, -0.05) is 26.8 Å². The zero-order chi connectivity index (χ0) is 15.0. The number of nitrogens with zero attached hydrogens (tertiary/aromatic N) is 2. The topological polar surface area (TPSA) is 51.4 Å². The van der Waals surface area contributed by atoms with Crippen molar-refractivity contribution in [2.24, 2.45) is 0 Å². The lowest BCUT2D eigenvalue weighted by molar-refractivity contribution is 0.00558. The number of anilines is 1. The van der Waals surface area contributed by atoms with Crippen molar-refractivity contribution in [3.63, 3.8) is 0 Å². The smallest absolute Gasteiger partial charge is 0.192 e. The van der Waals surface area contributed by atoms with Crippen LogP contribution in [0.25, 0.3) is 0 Å². The summed E-state index contributed by atoms with van der Waals surface area (Å²) < 4.78 is 6.39. The molecule has 5 heteroatoms. The highest BCUT2D eigenvalue weighted by Crippen LogP contribution is 2.38. The molecule has 1 fully saturated rings. The number of hydrogen-bond acceptors (Lipinski definition) is 4. The molecule has 0 bridgehead atoms. The van der Waals surface area contributed by atoms with E-state index >= 15 is 0 Å². The third kappa shape index (κ3) is 3.59. The summed E-state index contributed by atoms with van der Waals surface area (Å²) in [6, 6.07) is 3.91. The number of nitrogen functional groups attached to an aromatic ring is 1. The maximum absolute atomic E-state index is 6.39. The van der Waals surface area contributed by atoms with Crippen LogP contribution < -0.4 is 5.73 Å². The number of aromatic nitrogens is 1. The minimum atomic E-state index is -1.62. The number of rotatable bonds is 4. The second kappa shape index (κ2) is 5.46. The van der Waals surface area contributed by atoms with Crippen LogP contribution in [0.1, 0.15) is 26.3 Å². The number of pyridine rings is 1. The first-order valence-electron chi connectivity index (χ1n) is 7.28. The molecule has 0 spiro atoms. The highest BCUT2D eigenvalue weighted by molar-refractivity contribution is 6.74. The molecule has 0 unspecified atom stereocenters. The Morgan fingerprint density at radius 1 is 1.35 bits per heavy atom. The van der Waals surface area contributed by atoms with Gasteiger partial charge in [-0.25, -0.2) is 4.98 Å². The predicted octanol–water partition coefficient (Wildman–Crippen LogP) is 2.87. The molecule has 0 aliphatic carbocycles. The summed E-state index contributed by atoms with van der Waals surface area (Å²) in [7, 11) is -1.62. The summed E-state index contributed by atoms with van der Waals surface area (Å²) in [5.74, 6) is 0.580. The van der Waals surface area contributed by atoms with Gasteiger partial charge in [0.05, 0.1) is 6.10 Å². The lowest BCUT2D eigenvalue weighted by Gasteiger charge is -2.46. The predicted molar refractivity (Wildman–Crippen MR) is 86.0 cm³/mol. The average molecular weight is 293 g/mol. The minimum Gasteiger partial charge on any atom is -0.411 e. The molecule has 2 N–H and O–H groups in total. The van der Waals surface area contributed by atoms with Crippen LogP contribution in [-0.4, -0.2) is 37.4 Å². The molecule has 0 amide bonds. The van der Waals surface area contributed by atoms with Crippen LogP contribution in [0.4, 0.5) is 5.82 Å². The monoisotopic (exact) mass is 293 g/mol. The summed E-state index contributed by atoms with van der Waals surface area (Å²) in [4.78, 5) is 6.52. The van der Waals surface area contributed by atoms with E-state index in [1.807, 2.05) is 18.3 Å². The van der Waals surface area contributed by atoms with Crippen LogP contribution in [0, 0.1) is 0 Å². The highest BCUT2D eigenvalue weighted by Gasteiger charge is 2.41. The van der Waals surface area contributed by atoms with E-state index in [4.69, 9.17) is 10.2 Å². The molecular weight excluding hydrogens is 266 g/mol. The van der Waals surface area contributed by atoms with Gasteiger partial charge >= 0.3 is 0 Å². The second-order valence-corrected chi connectivity index (χ2v) is 12.0. The van der Waals surface area contributed by atoms with Crippen molar-refractivity contribution >= 4 is 14.1 Å². The zero-order valence-corrected chi connectivity index (χ0v) is 14.3. The van der Waals surface area contributed by atoms with Crippen molar-refractivity contribution in [3.05, 3.63) is 23.9 Å². The van der Waals surface area contributed by atoms with Gasteiger partial charge in [0.15, 0.2) is 8.32 Å². The maximum Gasteiger partial charge on any atom is 0.192 e. The molecule has 1 aliphatic heterocycles. The first-order chi connectivity index (χ1) is 9.17. The molecule has 0 radical (unpaired) electrons. The van der Waals surface area contributed by atoms with E-state index in [0.717, 1.165) is 19.6 Å². The molecular formula is C15H27N3OSi. The third-order valence-corrected chi connectivity index (χ3v) is 8.98. The van der Waals surface area contributed by atoms with Gasteiger partial charge in [-0.2, -0.15) is 0 Å².